The van der Waals surface area contributed by atoms with Gasteiger partial charge in [-0.05, 0) is 56.0 Å². The fourth-order valence-electron chi connectivity index (χ4n) is 5.03. The summed E-state index contributed by atoms with van der Waals surface area (Å²) in [6.45, 7) is 3.88. The second-order valence-electron chi connectivity index (χ2n) is 8.58. The molecular formula is C23H27N3O4. The molecular weight excluding hydrogens is 382 g/mol. The van der Waals surface area contributed by atoms with Crippen molar-refractivity contribution in [2.75, 3.05) is 13.3 Å². The van der Waals surface area contributed by atoms with E-state index in [-0.39, 0.29) is 30.2 Å². The molecule has 1 aromatic heterocycles. The van der Waals surface area contributed by atoms with Crippen LogP contribution in [0.25, 0.3) is 0 Å². The molecule has 3 aliphatic rings. The first-order valence-electron chi connectivity index (χ1n) is 10.7. The Labute approximate surface area is 175 Å². The van der Waals surface area contributed by atoms with Gasteiger partial charge in [0.25, 0.3) is 0 Å². The molecule has 0 spiro atoms. The molecule has 7 heteroatoms. The first-order chi connectivity index (χ1) is 14.5. The zero-order valence-corrected chi connectivity index (χ0v) is 17.2. The number of fused-ring (bicyclic) bond motifs is 2. The molecule has 1 N–H and O–H groups in total. The van der Waals surface area contributed by atoms with Crippen LogP contribution in [0.2, 0.25) is 0 Å². The van der Waals surface area contributed by atoms with Gasteiger partial charge >= 0.3 is 0 Å². The maximum Gasteiger partial charge on any atom is 0.231 e. The Bertz CT molecular complexity index is 985. The van der Waals surface area contributed by atoms with E-state index in [1.165, 1.54) is 5.69 Å². The van der Waals surface area contributed by atoms with Crippen molar-refractivity contribution in [2.45, 2.75) is 57.2 Å². The first-order valence-corrected chi connectivity index (χ1v) is 10.7. The van der Waals surface area contributed by atoms with E-state index in [4.69, 9.17) is 9.47 Å². The van der Waals surface area contributed by atoms with Crippen LogP contribution in [0.4, 0.5) is 0 Å². The van der Waals surface area contributed by atoms with Crippen LogP contribution in [0.1, 0.15) is 49.9 Å². The van der Waals surface area contributed by atoms with E-state index >= 15 is 0 Å². The van der Waals surface area contributed by atoms with Gasteiger partial charge in [-0.3, -0.25) is 9.59 Å². The molecule has 2 amide bonds. The van der Waals surface area contributed by atoms with Crippen LogP contribution >= 0.6 is 0 Å². The number of hydrogen-bond acceptors (Lipinski definition) is 4. The summed E-state index contributed by atoms with van der Waals surface area (Å²) in [5.41, 5.74) is 1.87. The van der Waals surface area contributed by atoms with Crippen LogP contribution in [-0.2, 0) is 22.6 Å². The van der Waals surface area contributed by atoms with Crippen molar-refractivity contribution in [2.24, 2.45) is 0 Å². The van der Waals surface area contributed by atoms with Gasteiger partial charge in [-0.1, -0.05) is 6.07 Å². The van der Waals surface area contributed by atoms with Crippen molar-refractivity contribution < 1.29 is 19.1 Å². The molecule has 0 saturated carbocycles. The number of carbonyl (C=O) groups is 2. The number of nitrogens with zero attached hydrogens (tertiary/aromatic N) is 2. The molecule has 4 heterocycles. The van der Waals surface area contributed by atoms with Crippen LogP contribution in [-0.4, -0.2) is 40.2 Å². The first kappa shape index (κ1) is 19.0. The van der Waals surface area contributed by atoms with E-state index < -0.39 is 0 Å². The highest BCUT2D eigenvalue weighted by Gasteiger charge is 2.39. The lowest BCUT2D eigenvalue weighted by molar-refractivity contribution is -0.135. The van der Waals surface area contributed by atoms with Crippen molar-refractivity contribution in [1.82, 2.24) is 14.8 Å². The van der Waals surface area contributed by atoms with Crippen molar-refractivity contribution >= 4 is 11.8 Å². The van der Waals surface area contributed by atoms with Gasteiger partial charge in [0.05, 0.1) is 6.04 Å². The number of nitrogens with one attached hydrogen (secondary N) is 1. The number of hydrogen-bond donors (Lipinski definition) is 1. The largest absolute Gasteiger partial charge is 0.454 e. The van der Waals surface area contributed by atoms with Gasteiger partial charge in [0, 0.05) is 43.4 Å². The summed E-state index contributed by atoms with van der Waals surface area (Å²) in [5.74, 6) is 1.71. The number of carbonyl (C=O) groups excluding carboxylic acids is 2. The summed E-state index contributed by atoms with van der Waals surface area (Å²) in [4.78, 5) is 27.2. The molecule has 5 rings (SSSR count). The third-order valence-electron chi connectivity index (χ3n) is 6.69. The predicted molar refractivity (Wildman–Crippen MR) is 110 cm³/mol. The molecule has 2 unspecified atom stereocenters. The van der Waals surface area contributed by atoms with Crippen LogP contribution in [0.15, 0.2) is 36.5 Å². The normalized spacial score (nSPS) is 24.6. The zero-order chi connectivity index (χ0) is 20.7. The summed E-state index contributed by atoms with van der Waals surface area (Å²) in [6, 6.07) is 10.1. The number of rotatable bonds is 5. The second kappa shape index (κ2) is 7.38. The molecule has 1 saturated heterocycles. The Morgan fingerprint density at radius 3 is 2.93 bits per heavy atom. The van der Waals surface area contributed by atoms with Gasteiger partial charge in [-0.2, -0.15) is 0 Å². The lowest BCUT2D eigenvalue weighted by Crippen LogP contribution is -2.46. The average Bonchev–Trinajstić information content (AvgIpc) is 3.46. The third-order valence-corrected chi connectivity index (χ3v) is 6.69. The second-order valence-corrected chi connectivity index (χ2v) is 8.58. The van der Waals surface area contributed by atoms with E-state index in [1.807, 2.05) is 29.2 Å². The van der Waals surface area contributed by atoms with Crippen LogP contribution in [0.5, 0.6) is 11.5 Å². The predicted octanol–water partition coefficient (Wildman–Crippen LogP) is 2.79. The highest BCUT2D eigenvalue weighted by molar-refractivity contribution is 5.80. The number of benzene rings is 1. The summed E-state index contributed by atoms with van der Waals surface area (Å²) in [6.07, 6.45) is 5.06. The minimum absolute atomic E-state index is 0.0624. The molecule has 7 nitrogen and oxygen atoms in total. The zero-order valence-electron chi connectivity index (χ0n) is 17.2. The summed E-state index contributed by atoms with van der Waals surface area (Å²) in [5, 5.41) is 3.18. The number of aromatic nitrogens is 1. The van der Waals surface area contributed by atoms with Gasteiger partial charge < -0.3 is 24.3 Å². The quantitative estimate of drug-likeness (QED) is 0.824. The fraction of sp³-hybridized carbons (Fsp3) is 0.478. The van der Waals surface area contributed by atoms with E-state index in [0.717, 1.165) is 36.6 Å². The third kappa shape index (κ3) is 3.42. The van der Waals surface area contributed by atoms with Crippen molar-refractivity contribution in [3.05, 3.63) is 47.8 Å². The van der Waals surface area contributed by atoms with Crippen LogP contribution in [0, 0.1) is 0 Å². The standard InChI is InChI=1S/C23H27N3O4/c1-16-18-3-2-10-25(18)11-12-26(16)22(28)7-9-23(8-6-21(27)24-23)14-17-4-5-19-20(13-17)30-15-29-19/h2-5,10,13,16H,6-9,11-12,14-15H2,1H3,(H,24,27). The average molecular weight is 409 g/mol. The SMILES string of the molecule is CC1c2cccn2CCN1C(=O)CCC1(Cc2ccc3c(c2)OCO3)CCC(=O)N1. The molecule has 3 aliphatic heterocycles. The fourth-order valence-corrected chi connectivity index (χ4v) is 5.03. The van der Waals surface area contributed by atoms with E-state index in [1.54, 1.807) is 0 Å². The number of ether oxygens (including phenoxy) is 2. The molecule has 1 aromatic carbocycles. The summed E-state index contributed by atoms with van der Waals surface area (Å²) in [7, 11) is 0. The smallest absolute Gasteiger partial charge is 0.231 e. The molecule has 158 valence electrons. The van der Waals surface area contributed by atoms with Gasteiger partial charge in [-0.25, -0.2) is 0 Å². The van der Waals surface area contributed by atoms with Gasteiger partial charge in [0.2, 0.25) is 18.6 Å². The number of amides is 2. The highest BCUT2D eigenvalue weighted by Crippen LogP contribution is 2.36. The van der Waals surface area contributed by atoms with Gasteiger partial charge in [0.1, 0.15) is 0 Å². The van der Waals surface area contributed by atoms with E-state index in [9.17, 15) is 9.59 Å². The summed E-state index contributed by atoms with van der Waals surface area (Å²) < 4.78 is 13.1. The van der Waals surface area contributed by atoms with Crippen molar-refractivity contribution in [3.63, 3.8) is 0 Å². The minimum atomic E-state index is -0.389. The minimum Gasteiger partial charge on any atom is -0.454 e. The monoisotopic (exact) mass is 409 g/mol. The van der Waals surface area contributed by atoms with Crippen LogP contribution < -0.4 is 14.8 Å². The molecule has 2 aromatic rings. The maximum atomic E-state index is 13.1. The highest BCUT2D eigenvalue weighted by atomic mass is 16.7. The molecule has 0 bridgehead atoms. The van der Waals surface area contributed by atoms with Crippen LogP contribution in [0.3, 0.4) is 0 Å². The van der Waals surface area contributed by atoms with Gasteiger partial charge in [-0.15, -0.1) is 0 Å². The van der Waals surface area contributed by atoms with Gasteiger partial charge in [0.15, 0.2) is 11.5 Å². The lowest BCUT2D eigenvalue weighted by atomic mass is 9.84. The maximum absolute atomic E-state index is 13.1. The Balaban J connectivity index is 1.28. The Kier molecular flexibility index (Phi) is 4.68. The Morgan fingerprint density at radius 2 is 2.10 bits per heavy atom. The summed E-state index contributed by atoms with van der Waals surface area (Å²) >= 11 is 0. The molecule has 0 radical (unpaired) electrons. The lowest BCUT2D eigenvalue weighted by Gasteiger charge is -2.36. The van der Waals surface area contributed by atoms with E-state index in [0.29, 0.717) is 25.7 Å². The molecule has 0 aliphatic carbocycles. The topological polar surface area (TPSA) is 72.8 Å². The molecule has 1 fully saturated rings. The molecule has 30 heavy (non-hydrogen) atoms. The van der Waals surface area contributed by atoms with E-state index in [2.05, 4.69) is 29.1 Å². The Morgan fingerprint density at radius 1 is 1.23 bits per heavy atom. The van der Waals surface area contributed by atoms with Crippen molar-refractivity contribution in [1.29, 1.82) is 0 Å². The van der Waals surface area contributed by atoms with Crippen molar-refractivity contribution in [3.8, 4) is 11.5 Å². The molecule has 2 atom stereocenters. The Hall–Kier alpha value is -2.96.